The number of amides is 3. The number of carbonyl (C=O) groups excluding carboxylic acids is 2. The lowest BCUT2D eigenvalue weighted by molar-refractivity contribution is -0.127. The molecule has 1 aliphatic heterocycles. The highest BCUT2D eigenvalue weighted by molar-refractivity contribution is 6.04. The molecule has 4 rings (SSSR count). The maximum absolute atomic E-state index is 12.9. The van der Waals surface area contributed by atoms with E-state index in [0.29, 0.717) is 12.2 Å². The number of aromatic amines is 1. The van der Waals surface area contributed by atoms with Gasteiger partial charge < -0.3 is 15.0 Å². The monoisotopic (exact) mass is 367 g/mol. The van der Waals surface area contributed by atoms with E-state index in [-0.39, 0.29) is 24.9 Å². The highest BCUT2D eigenvalue weighted by Gasteiger charge is 2.37. The molecule has 1 saturated heterocycles. The van der Waals surface area contributed by atoms with Gasteiger partial charge in [0, 0.05) is 23.5 Å². The lowest BCUT2D eigenvalue weighted by Gasteiger charge is -2.13. The largest absolute Gasteiger partial charge is 0.492 e. The van der Waals surface area contributed by atoms with E-state index in [4.69, 9.17) is 4.74 Å². The number of para-hydroxylation sites is 1. The van der Waals surface area contributed by atoms with Crippen molar-refractivity contribution in [1.29, 1.82) is 0 Å². The third kappa shape index (κ3) is 3.48. The molecule has 6 nitrogen and oxygen atoms in total. The summed E-state index contributed by atoms with van der Waals surface area (Å²) in [6, 6.07) is 12.4. The van der Waals surface area contributed by atoms with Gasteiger partial charge >= 0.3 is 6.03 Å². The van der Waals surface area contributed by atoms with Crippen LogP contribution in [0.4, 0.5) is 9.18 Å². The van der Waals surface area contributed by atoms with E-state index < -0.39 is 12.1 Å². The number of halogens is 1. The molecule has 2 heterocycles. The van der Waals surface area contributed by atoms with Gasteiger partial charge in [-0.25, -0.2) is 9.18 Å². The van der Waals surface area contributed by atoms with E-state index in [1.807, 2.05) is 30.5 Å². The second kappa shape index (κ2) is 7.11. The average Bonchev–Trinajstić information content (AvgIpc) is 3.19. The van der Waals surface area contributed by atoms with Crippen molar-refractivity contribution < 1.29 is 18.7 Å². The molecule has 0 unspecified atom stereocenters. The van der Waals surface area contributed by atoms with Crippen LogP contribution in [0.2, 0.25) is 0 Å². The number of ether oxygens (including phenoxy) is 1. The molecule has 7 heteroatoms. The number of carbonyl (C=O) groups is 2. The zero-order valence-corrected chi connectivity index (χ0v) is 14.4. The van der Waals surface area contributed by atoms with Gasteiger partial charge in [0.25, 0.3) is 5.91 Å². The van der Waals surface area contributed by atoms with E-state index in [1.54, 1.807) is 0 Å². The quantitative estimate of drug-likeness (QED) is 0.658. The molecule has 0 saturated carbocycles. The molecular formula is C20H18FN3O3. The Morgan fingerprint density at radius 3 is 2.67 bits per heavy atom. The molecule has 3 aromatic rings. The number of nitrogens with one attached hydrogen (secondary N) is 2. The van der Waals surface area contributed by atoms with Gasteiger partial charge in [0.05, 0.1) is 6.54 Å². The first kappa shape index (κ1) is 17.1. The summed E-state index contributed by atoms with van der Waals surface area (Å²) in [5.41, 5.74) is 1.97. The number of urea groups is 1. The lowest BCUT2D eigenvalue weighted by Crippen LogP contribution is -2.35. The van der Waals surface area contributed by atoms with Crippen molar-refractivity contribution in [2.75, 3.05) is 13.2 Å². The second-order valence-electron chi connectivity index (χ2n) is 6.36. The zero-order valence-electron chi connectivity index (χ0n) is 14.4. The molecule has 0 radical (unpaired) electrons. The summed E-state index contributed by atoms with van der Waals surface area (Å²) in [6.07, 6.45) is 2.29. The summed E-state index contributed by atoms with van der Waals surface area (Å²) < 4.78 is 18.4. The minimum Gasteiger partial charge on any atom is -0.492 e. The number of benzene rings is 2. The molecule has 138 valence electrons. The van der Waals surface area contributed by atoms with Crippen LogP contribution < -0.4 is 10.1 Å². The first-order valence-electron chi connectivity index (χ1n) is 8.67. The molecule has 1 aliphatic rings. The SMILES string of the molecule is O=C1N[C@H](Cc2c[nH]c3ccccc23)C(=O)N1CCOc1ccc(F)cc1. The van der Waals surface area contributed by atoms with E-state index >= 15 is 0 Å². The van der Waals surface area contributed by atoms with Crippen LogP contribution >= 0.6 is 0 Å². The van der Waals surface area contributed by atoms with E-state index in [0.717, 1.165) is 21.4 Å². The van der Waals surface area contributed by atoms with Crippen LogP contribution in [0.3, 0.4) is 0 Å². The van der Waals surface area contributed by atoms with Gasteiger partial charge in [-0.15, -0.1) is 0 Å². The number of fused-ring (bicyclic) bond motifs is 1. The number of nitrogens with zero attached hydrogens (tertiary/aromatic N) is 1. The predicted octanol–water partition coefficient (Wildman–Crippen LogP) is 2.85. The zero-order chi connectivity index (χ0) is 18.8. The van der Waals surface area contributed by atoms with Gasteiger partial charge in [-0.2, -0.15) is 0 Å². The number of rotatable bonds is 6. The first-order valence-corrected chi connectivity index (χ1v) is 8.67. The minimum atomic E-state index is -0.595. The Bertz CT molecular complexity index is 984. The molecule has 1 atom stereocenters. The number of hydrogen-bond donors (Lipinski definition) is 2. The van der Waals surface area contributed by atoms with Gasteiger partial charge in [0.15, 0.2) is 0 Å². The summed E-state index contributed by atoms with van der Waals surface area (Å²) in [5, 5.41) is 3.77. The van der Waals surface area contributed by atoms with Crippen LogP contribution in [-0.2, 0) is 11.2 Å². The molecule has 2 N–H and O–H groups in total. The van der Waals surface area contributed by atoms with Crippen molar-refractivity contribution >= 4 is 22.8 Å². The highest BCUT2D eigenvalue weighted by atomic mass is 19.1. The van der Waals surface area contributed by atoms with Gasteiger partial charge in [0.2, 0.25) is 0 Å². The number of H-pyrrole nitrogens is 1. The second-order valence-corrected chi connectivity index (χ2v) is 6.36. The van der Waals surface area contributed by atoms with Gasteiger partial charge in [-0.3, -0.25) is 9.69 Å². The van der Waals surface area contributed by atoms with Crippen LogP contribution in [0.15, 0.2) is 54.7 Å². The predicted molar refractivity (Wildman–Crippen MR) is 97.9 cm³/mol. The minimum absolute atomic E-state index is 0.131. The topological polar surface area (TPSA) is 74.4 Å². The number of hydrogen-bond acceptors (Lipinski definition) is 3. The lowest BCUT2D eigenvalue weighted by atomic mass is 10.1. The number of aromatic nitrogens is 1. The molecule has 2 aromatic carbocycles. The van der Waals surface area contributed by atoms with Crippen LogP contribution in [0, 0.1) is 5.82 Å². The summed E-state index contributed by atoms with van der Waals surface area (Å²) >= 11 is 0. The molecule has 0 spiro atoms. The first-order chi connectivity index (χ1) is 13.1. The Kier molecular flexibility index (Phi) is 4.50. The third-order valence-electron chi connectivity index (χ3n) is 4.60. The fourth-order valence-electron chi connectivity index (χ4n) is 3.23. The van der Waals surface area contributed by atoms with Crippen LogP contribution in [-0.4, -0.2) is 41.0 Å². The third-order valence-corrected chi connectivity index (χ3v) is 4.60. The van der Waals surface area contributed by atoms with Crippen molar-refractivity contribution in [2.45, 2.75) is 12.5 Å². The fourth-order valence-corrected chi connectivity index (χ4v) is 3.23. The fraction of sp³-hybridized carbons (Fsp3) is 0.200. The van der Waals surface area contributed by atoms with Crippen molar-refractivity contribution in [1.82, 2.24) is 15.2 Å². The van der Waals surface area contributed by atoms with Crippen molar-refractivity contribution in [3.05, 3.63) is 66.1 Å². The molecule has 3 amide bonds. The smallest absolute Gasteiger partial charge is 0.324 e. The van der Waals surface area contributed by atoms with E-state index in [9.17, 15) is 14.0 Å². The summed E-state index contributed by atoms with van der Waals surface area (Å²) in [5.74, 6) is -0.136. The highest BCUT2D eigenvalue weighted by Crippen LogP contribution is 2.21. The molecule has 27 heavy (non-hydrogen) atoms. The molecule has 0 bridgehead atoms. The van der Waals surface area contributed by atoms with E-state index in [2.05, 4.69) is 10.3 Å². The van der Waals surface area contributed by atoms with Crippen molar-refractivity contribution in [2.24, 2.45) is 0 Å². The van der Waals surface area contributed by atoms with Gasteiger partial charge in [-0.05, 0) is 35.9 Å². The maximum Gasteiger partial charge on any atom is 0.324 e. The summed E-state index contributed by atoms with van der Waals surface area (Å²) in [7, 11) is 0. The van der Waals surface area contributed by atoms with Gasteiger partial charge in [0.1, 0.15) is 24.2 Å². The molecule has 0 aliphatic carbocycles. The standard InChI is InChI=1S/C20H18FN3O3/c21-14-5-7-15(8-6-14)27-10-9-24-19(25)18(23-20(24)26)11-13-12-22-17-4-2-1-3-16(13)17/h1-8,12,18,22H,9-11H2,(H,23,26)/t18-/m1/s1. The average molecular weight is 367 g/mol. The molecule has 1 fully saturated rings. The Morgan fingerprint density at radius 1 is 1.07 bits per heavy atom. The normalized spacial score (nSPS) is 16.8. The van der Waals surface area contributed by atoms with Crippen LogP contribution in [0.5, 0.6) is 5.75 Å². The summed E-state index contributed by atoms with van der Waals surface area (Å²) in [4.78, 5) is 29.1. The maximum atomic E-state index is 12.9. The Labute approximate surface area is 154 Å². The van der Waals surface area contributed by atoms with E-state index in [1.165, 1.54) is 24.3 Å². The molecular weight excluding hydrogens is 349 g/mol. The van der Waals surface area contributed by atoms with Gasteiger partial charge in [-0.1, -0.05) is 18.2 Å². The van der Waals surface area contributed by atoms with Crippen molar-refractivity contribution in [3.63, 3.8) is 0 Å². The Hall–Kier alpha value is -3.35. The number of imide groups is 1. The van der Waals surface area contributed by atoms with Crippen LogP contribution in [0.1, 0.15) is 5.56 Å². The van der Waals surface area contributed by atoms with Crippen molar-refractivity contribution in [3.8, 4) is 5.75 Å². The molecule has 1 aromatic heterocycles. The Morgan fingerprint density at radius 2 is 1.85 bits per heavy atom. The van der Waals surface area contributed by atoms with Crippen LogP contribution in [0.25, 0.3) is 10.9 Å². The Balaban J connectivity index is 1.37. The summed E-state index contributed by atoms with van der Waals surface area (Å²) in [6.45, 7) is 0.275.